The van der Waals surface area contributed by atoms with Gasteiger partial charge in [0.25, 0.3) is 0 Å². The highest BCUT2D eigenvalue weighted by molar-refractivity contribution is 6.30. The largest absolute Gasteiger partial charge is 0.508 e. The molecule has 2 aromatic carbocycles. The molecule has 192 valence electrons. The number of amides is 2. The first-order valence-electron chi connectivity index (χ1n) is 12.9. The minimum Gasteiger partial charge on any atom is -0.508 e. The van der Waals surface area contributed by atoms with E-state index in [1.165, 1.54) is 17.0 Å². The lowest BCUT2D eigenvalue weighted by Crippen LogP contribution is -2.39. The molecule has 0 aromatic heterocycles. The van der Waals surface area contributed by atoms with Gasteiger partial charge in [0.15, 0.2) is 11.6 Å². The van der Waals surface area contributed by atoms with E-state index in [0.29, 0.717) is 39.4 Å². The predicted octanol–water partition coefficient (Wildman–Crippen LogP) is 5.24. The molecule has 6 rings (SSSR count). The highest BCUT2D eigenvalue weighted by Crippen LogP contribution is 2.56. The summed E-state index contributed by atoms with van der Waals surface area (Å²) in [6, 6.07) is 12.1. The molecule has 3 aliphatic carbocycles. The molecule has 6 nitrogen and oxygen atoms in total. The number of ketones is 2. The molecule has 2 amide bonds. The van der Waals surface area contributed by atoms with Crippen molar-refractivity contribution in [2.75, 3.05) is 4.90 Å². The minimum absolute atomic E-state index is 0.0474. The van der Waals surface area contributed by atoms with E-state index in [1.807, 2.05) is 25.1 Å². The van der Waals surface area contributed by atoms with Gasteiger partial charge in [-0.25, -0.2) is 0 Å². The van der Waals surface area contributed by atoms with Crippen LogP contribution in [0.2, 0.25) is 5.02 Å². The molecule has 1 heterocycles. The van der Waals surface area contributed by atoms with E-state index in [9.17, 15) is 24.3 Å². The monoisotopic (exact) mass is 527 g/mol. The van der Waals surface area contributed by atoms with Crippen LogP contribution in [0.4, 0.5) is 5.69 Å². The number of carbonyl (C=O) groups is 4. The Morgan fingerprint density at radius 2 is 1.74 bits per heavy atom. The topological polar surface area (TPSA) is 91.8 Å². The van der Waals surface area contributed by atoms with Gasteiger partial charge in [-0.1, -0.05) is 42.3 Å². The SMILES string of the molecule is CCc1ccc(N2C(=O)[C@H]3[C@H](CC=C4[C@H](c5cc(Cl)ccc5O)C5=C(C[C@H]43)C(=O)C=C(C)C5=O)C2=O)cc1. The molecule has 38 heavy (non-hydrogen) atoms. The number of Topliss-reactive ketones (excluding diaryl/α,β-unsaturated/α-hetero) is 1. The van der Waals surface area contributed by atoms with Crippen molar-refractivity contribution in [2.24, 2.45) is 17.8 Å². The number of aryl methyl sites for hydroxylation is 1. The fourth-order valence-electron chi connectivity index (χ4n) is 6.61. The highest BCUT2D eigenvalue weighted by atomic mass is 35.5. The Balaban J connectivity index is 1.48. The lowest BCUT2D eigenvalue weighted by atomic mass is 9.59. The summed E-state index contributed by atoms with van der Waals surface area (Å²) >= 11 is 6.30. The van der Waals surface area contributed by atoms with Gasteiger partial charge >= 0.3 is 0 Å². The van der Waals surface area contributed by atoms with E-state index in [-0.39, 0.29) is 35.6 Å². The van der Waals surface area contributed by atoms with Crippen LogP contribution in [0.3, 0.4) is 0 Å². The van der Waals surface area contributed by atoms with Crippen LogP contribution in [-0.2, 0) is 25.6 Å². The van der Waals surface area contributed by atoms with Gasteiger partial charge in [-0.2, -0.15) is 0 Å². The Morgan fingerprint density at radius 1 is 1.00 bits per heavy atom. The van der Waals surface area contributed by atoms with Gasteiger partial charge in [0, 0.05) is 33.2 Å². The number of hydrogen-bond acceptors (Lipinski definition) is 5. The molecule has 7 heteroatoms. The predicted molar refractivity (Wildman–Crippen MR) is 143 cm³/mol. The summed E-state index contributed by atoms with van der Waals surface area (Å²) in [5.74, 6) is -3.52. The van der Waals surface area contributed by atoms with Crippen LogP contribution in [0.1, 0.15) is 43.7 Å². The Kier molecular flexibility index (Phi) is 5.76. The van der Waals surface area contributed by atoms with Crippen LogP contribution in [0.15, 0.2) is 76.9 Å². The second kappa shape index (κ2) is 8.91. The maximum Gasteiger partial charge on any atom is 0.238 e. The number of allylic oxidation sites excluding steroid dienone is 6. The quantitative estimate of drug-likeness (QED) is 0.335. The molecule has 4 atom stereocenters. The molecular weight excluding hydrogens is 502 g/mol. The molecule has 0 saturated carbocycles. The first kappa shape index (κ1) is 24.6. The van der Waals surface area contributed by atoms with Gasteiger partial charge in [0.1, 0.15) is 5.75 Å². The van der Waals surface area contributed by atoms with Gasteiger partial charge in [-0.15, -0.1) is 0 Å². The van der Waals surface area contributed by atoms with Crippen LogP contribution >= 0.6 is 11.6 Å². The van der Waals surface area contributed by atoms with Crippen molar-refractivity contribution in [3.05, 3.63) is 93.1 Å². The third-order valence-corrected chi connectivity index (χ3v) is 8.70. The molecule has 0 radical (unpaired) electrons. The van der Waals surface area contributed by atoms with Crippen LogP contribution in [0, 0.1) is 17.8 Å². The number of imide groups is 1. The highest BCUT2D eigenvalue weighted by Gasteiger charge is 2.56. The molecule has 0 unspecified atom stereocenters. The number of phenols is 1. The Hall–Kier alpha value is -3.77. The molecular formula is C31H26ClNO5. The zero-order valence-corrected chi connectivity index (χ0v) is 21.8. The molecule has 4 aliphatic rings. The summed E-state index contributed by atoms with van der Waals surface area (Å²) in [6.07, 6.45) is 4.64. The second-order valence-corrected chi connectivity index (χ2v) is 10.9. The first-order valence-corrected chi connectivity index (χ1v) is 13.2. The second-order valence-electron chi connectivity index (χ2n) is 10.5. The van der Waals surface area contributed by atoms with E-state index in [1.54, 1.807) is 31.2 Å². The summed E-state index contributed by atoms with van der Waals surface area (Å²) in [5.41, 5.74) is 3.85. The van der Waals surface area contributed by atoms with Crippen molar-refractivity contribution in [3.8, 4) is 5.75 Å². The number of benzene rings is 2. The van der Waals surface area contributed by atoms with Gasteiger partial charge in [-0.3, -0.25) is 24.1 Å². The molecule has 0 bridgehead atoms. The zero-order chi connectivity index (χ0) is 26.9. The number of anilines is 1. The number of hydrogen-bond donors (Lipinski definition) is 1. The van der Waals surface area contributed by atoms with Crippen molar-refractivity contribution < 1.29 is 24.3 Å². The fraction of sp³-hybridized carbons (Fsp3) is 0.290. The van der Waals surface area contributed by atoms with Crippen LogP contribution in [0.5, 0.6) is 5.75 Å². The maximum absolute atomic E-state index is 13.9. The van der Waals surface area contributed by atoms with Gasteiger partial charge in [0.05, 0.1) is 17.5 Å². The third-order valence-electron chi connectivity index (χ3n) is 8.47. The lowest BCUT2D eigenvalue weighted by molar-refractivity contribution is -0.123. The number of nitrogens with zero attached hydrogens (tertiary/aromatic N) is 1. The van der Waals surface area contributed by atoms with Crippen molar-refractivity contribution in [1.29, 1.82) is 0 Å². The number of aromatic hydroxyl groups is 1. The number of phenolic OH excluding ortho intramolecular Hbond substituents is 1. The fourth-order valence-corrected chi connectivity index (χ4v) is 6.79. The Labute approximate surface area is 225 Å². The molecule has 1 aliphatic heterocycles. The number of fused-ring (bicyclic) bond motifs is 3. The minimum atomic E-state index is -0.732. The van der Waals surface area contributed by atoms with Gasteiger partial charge < -0.3 is 5.11 Å². The zero-order valence-electron chi connectivity index (χ0n) is 21.0. The summed E-state index contributed by atoms with van der Waals surface area (Å²) in [6.45, 7) is 3.65. The van der Waals surface area contributed by atoms with Crippen LogP contribution < -0.4 is 4.90 Å². The third kappa shape index (κ3) is 3.54. The molecule has 2 aromatic rings. The number of rotatable bonds is 3. The number of carbonyl (C=O) groups excluding carboxylic acids is 4. The van der Waals surface area contributed by atoms with E-state index in [2.05, 4.69) is 0 Å². The normalized spacial score (nSPS) is 26.7. The summed E-state index contributed by atoms with van der Waals surface area (Å²) < 4.78 is 0. The van der Waals surface area contributed by atoms with Crippen LogP contribution in [-0.4, -0.2) is 28.5 Å². The first-order chi connectivity index (χ1) is 18.2. The van der Waals surface area contributed by atoms with E-state index in [0.717, 1.165) is 17.6 Å². The van der Waals surface area contributed by atoms with Gasteiger partial charge in [0.2, 0.25) is 11.8 Å². The summed E-state index contributed by atoms with van der Waals surface area (Å²) in [4.78, 5) is 55.4. The van der Waals surface area contributed by atoms with Crippen molar-refractivity contribution in [2.45, 2.75) is 39.0 Å². The summed E-state index contributed by atoms with van der Waals surface area (Å²) in [7, 11) is 0. The molecule has 1 N–H and O–H groups in total. The Morgan fingerprint density at radius 3 is 2.45 bits per heavy atom. The lowest BCUT2D eigenvalue weighted by Gasteiger charge is -2.42. The number of halogens is 1. The van der Waals surface area contributed by atoms with E-state index < -0.39 is 23.7 Å². The van der Waals surface area contributed by atoms with E-state index >= 15 is 0 Å². The molecule has 1 fully saturated rings. The van der Waals surface area contributed by atoms with E-state index in [4.69, 9.17) is 11.6 Å². The summed E-state index contributed by atoms with van der Waals surface area (Å²) in [5, 5.41) is 11.2. The standard InChI is InChI=1S/C31H26ClNO5/c1-3-16-4-7-18(8-5-16)33-30(37)20-10-9-19-21(27(20)31(33)38)14-23-25(35)12-15(2)29(36)28(23)26(19)22-13-17(32)6-11-24(22)34/h4-9,11-13,20-21,26-27,34H,3,10,14H2,1-2H3/t20-,21+,26+,27-/m0/s1. The maximum atomic E-state index is 13.9. The average Bonchev–Trinajstić information content (AvgIpc) is 3.17. The van der Waals surface area contributed by atoms with Crippen molar-refractivity contribution >= 4 is 40.7 Å². The Bertz CT molecular complexity index is 1530. The average molecular weight is 528 g/mol. The molecule has 1 saturated heterocycles. The van der Waals surface area contributed by atoms with Gasteiger partial charge in [-0.05, 0) is 74.1 Å². The van der Waals surface area contributed by atoms with Crippen molar-refractivity contribution in [3.63, 3.8) is 0 Å². The van der Waals surface area contributed by atoms with Crippen LogP contribution in [0.25, 0.3) is 0 Å². The molecule has 0 spiro atoms. The van der Waals surface area contributed by atoms with Crippen molar-refractivity contribution in [1.82, 2.24) is 0 Å². The smallest absolute Gasteiger partial charge is 0.238 e.